The van der Waals surface area contributed by atoms with E-state index in [1.165, 1.54) is 12.1 Å². The Kier molecular flexibility index (Phi) is 5.48. The van der Waals surface area contributed by atoms with Crippen molar-refractivity contribution in [3.8, 4) is 11.1 Å². The topological polar surface area (TPSA) is 67.2 Å². The number of amides is 2. The molecule has 1 aromatic heterocycles. The second kappa shape index (κ2) is 8.46. The van der Waals surface area contributed by atoms with Gasteiger partial charge in [-0.2, -0.15) is 5.10 Å². The SMILES string of the molecule is CCn1nc(C)cc1C(=O)NC[C@@H]1[C@H]2C[C@H]2CN1C(=O)c1ccccc1-c1cccc(F)c1. The maximum absolute atomic E-state index is 13.8. The first-order valence-corrected chi connectivity index (χ1v) is 11.4. The first kappa shape index (κ1) is 21.4. The molecule has 2 amide bonds. The normalized spacial score (nSPS) is 21.1. The summed E-state index contributed by atoms with van der Waals surface area (Å²) in [7, 11) is 0. The number of rotatable bonds is 6. The number of carbonyl (C=O) groups is 2. The van der Waals surface area contributed by atoms with Gasteiger partial charge in [-0.05, 0) is 67.5 Å². The lowest BCUT2D eigenvalue weighted by atomic mass is 9.98. The van der Waals surface area contributed by atoms with Crippen molar-refractivity contribution < 1.29 is 14.0 Å². The number of fused-ring (bicyclic) bond motifs is 1. The molecule has 33 heavy (non-hydrogen) atoms. The molecule has 3 atom stereocenters. The minimum absolute atomic E-state index is 0.0499. The summed E-state index contributed by atoms with van der Waals surface area (Å²) >= 11 is 0. The molecule has 2 heterocycles. The van der Waals surface area contributed by atoms with Gasteiger partial charge in [0.2, 0.25) is 0 Å². The summed E-state index contributed by atoms with van der Waals surface area (Å²) in [6.07, 6.45) is 1.09. The third-order valence-electron chi connectivity index (χ3n) is 6.76. The molecule has 5 rings (SSSR count). The Labute approximate surface area is 192 Å². The van der Waals surface area contributed by atoms with Crippen molar-refractivity contribution in [1.82, 2.24) is 20.0 Å². The average Bonchev–Trinajstić information content (AvgIpc) is 3.34. The first-order valence-electron chi connectivity index (χ1n) is 11.4. The van der Waals surface area contributed by atoms with Crippen LogP contribution in [0.5, 0.6) is 0 Å². The van der Waals surface area contributed by atoms with Crippen LogP contribution in [-0.4, -0.2) is 45.6 Å². The zero-order valence-electron chi connectivity index (χ0n) is 18.8. The second-order valence-corrected chi connectivity index (χ2v) is 8.94. The molecule has 7 heteroatoms. The van der Waals surface area contributed by atoms with E-state index >= 15 is 0 Å². The number of piperidine rings is 1. The molecule has 2 fully saturated rings. The van der Waals surface area contributed by atoms with E-state index in [-0.39, 0.29) is 23.7 Å². The highest BCUT2D eigenvalue weighted by Crippen LogP contribution is 2.50. The third-order valence-corrected chi connectivity index (χ3v) is 6.76. The van der Waals surface area contributed by atoms with Crippen molar-refractivity contribution in [1.29, 1.82) is 0 Å². The van der Waals surface area contributed by atoms with Gasteiger partial charge in [0.05, 0.1) is 11.7 Å². The molecule has 1 saturated carbocycles. The molecule has 0 bridgehead atoms. The molecule has 1 aliphatic carbocycles. The number of aryl methyl sites for hydroxylation is 2. The Hall–Kier alpha value is -3.48. The fraction of sp³-hybridized carbons (Fsp3) is 0.346. The number of likely N-dealkylation sites (tertiary alicyclic amines) is 1. The molecule has 3 aromatic rings. The quantitative estimate of drug-likeness (QED) is 0.624. The summed E-state index contributed by atoms with van der Waals surface area (Å²) in [4.78, 5) is 28.3. The van der Waals surface area contributed by atoms with E-state index in [4.69, 9.17) is 0 Å². The molecule has 2 aliphatic rings. The van der Waals surface area contributed by atoms with E-state index in [9.17, 15) is 14.0 Å². The summed E-state index contributed by atoms with van der Waals surface area (Å²) in [6.45, 7) is 5.53. The first-order chi connectivity index (χ1) is 16.0. The minimum Gasteiger partial charge on any atom is -0.349 e. The molecule has 1 aliphatic heterocycles. The maximum Gasteiger partial charge on any atom is 0.269 e. The number of carbonyl (C=O) groups excluding carboxylic acids is 2. The van der Waals surface area contributed by atoms with Crippen LogP contribution in [0.4, 0.5) is 4.39 Å². The lowest BCUT2D eigenvalue weighted by molar-refractivity contribution is 0.0695. The highest BCUT2D eigenvalue weighted by molar-refractivity contribution is 6.01. The van der Waals surface area contributed by atoms with Crippen LogP contribution in [0.15, 0.2) is 54.6 Å². The van der Waals surface area contributed by atoms with Crippen LogP contribution in [0.2, 0.25) is 0 Å². The van der Waals surface area contributed by atoms with Gasteiger partial charge in [-0.25, -0.2) is 4.39 Å². The zero-order valence-corrected chi connectivity index (χ0v) is 18.8. The molecule has 170 valence electrons. The third kappa shape index (κ3) is 4.03. The fourth-order valence-corrected chi connectivity index (χ4v) is 5.06. The van der Waals surface area contributed by atoms with Crippen molar-refractivity contribution in [3.63, 3.8) is 0 Å². The summed E-state index contributed by atoms with van der Waals surface area (Å²) in [5, 5.41) is 7.38. The van der Waals surface area contributed by atoms with Crippen molar-refractivity contribution in [2.75, 3.05) is 13.1 Å². The smallest absolute Gasteiger partial charge is 0.269 e. The van der Waals surface area contributed by atoms with Crippen molar-refractivity contribution in [2.24, 2.45) is 11.8 Å². The van der Waals surface area contributed by atoms with Crippen molar-refractivity contribution in [2.45, 2.75) is 32.9 Å². The monoisotopic (exact) mass is 446 g/mol. The Balaban J connectivity index is 1.36. The van der Waals surface area contributed by atoms with E-state index in [2.05, 4.69) is 10.4 Å². The zero-order chi connectivity index (χ0) is 23.1. The predicted octanol–water partition coefficient (Wildman–Crippen LogP) is 3.91. The Morgan fingerprint density at radius 1 is 1.15 bits per heavy atom. The Morgan fingerprint density at radius 2 is 1.97 bits per heavy atom. The van der Waals surface area contributed by atoms with Crippen LogP contribution in [0, 0.1) is 24.6 Å². The predicted molar refractivity (Wildman–Crippen MR) is 123 cm³/mol. The summed E-state index contributed by atoms with van der Waals surface area (Å²) in [5.74, 6) is 0.318. The molecule has 2 aromatic carbocycles. The number of halogens is 1. The number of hydrogen-bond acceptors (Lipinski definition) is 3. The molecule has 1 saturated heterocycles. The number of nitrogens with zero attached hydrogens (tertiary/aromatic N) is 3. The standard InChI is InChI=1S/C26H27FN4O2/c1-3-31-23(11-16(2)29-31)25(32)28-14-24-22-13-18(22)15-30(24)26(33)21-10-5-4-9-20(21)17-7-6-8-19(27)12-17/h4-12,18,22,24H,3,13-15H2,1-2H3,(H,28,32)/t18-,22-,24+/m0/s1. The van der Waals surface area contributed by atoms with Crippen LogP contribution >= 0.6 is 0 Å². The minimum atomic E-state index is -0.334. The number of aromatic nitrogens is 2. The van der Waals surface area contributed by atoms with Crippen LogP contribution in [0.3, 0.4) is 0 Å². The van der Waals surface area contributed by atoms with Gasteiger partial charge in [0.15, 0.2) is 0 Å². The number of nitrogens with one attached hydrogen (secondary N) is 1. The van der Waals surface area contributed by atoms with E-state index in [0.29, 0.717) is 53.9 Å². The lowest BCUT2D eigenvalue weighted by Crippen LogP contribution is -2.46. The van der Waals surface area contributed by atoms with E-state index in [1.807, 2.05) is 43.0 Å². The van der Waals surface area contributed by atoms with E-state index in [0.717, 1.165) is 12.1 Å². The lowest BCUT2D eigenvalue weighted by Gasteiger charge is -2.28. The van der Waals surface area contributed by atoms with Gasteiger partial charge in [0.25, 0.3) is 11.8 Å². The molecule has 0 unspecified atom stereocenters. The average molecular weight is 447 g/mol. The molecule has 0 radical (unpaired) electrons. The van der Waals surface area contributed by atoms with E-state index < -0.39 is 0 Å². The summed E-state index contributed by atoms with van der Waals surface area (Å²) in [5.41, 5.74) is 3.29. The van der Waals surface area contributed by atoms with Crippen LogP contribution < -0.4 is 5.32 Å². The molecule has 6 nitrogen and oxygen atoms in total. The van der Waals surface area contributed by atoms with Gasteiger partial charge in [-0.3, -0.25) is 14.3 Å². The largest absolute Gasteiger partial charge is 0.349 e. The van der Waals surface area contributed by atoms with Crippen LogP contribution in [0.25, 0.3) is 11.1 Å². The fourth-order valence-electron chi connectivity index (χ4n) is 5.06. The number of benzene rings is 2. The van der Waals surface area contributed by atoms with Gasteiger partial charge in [-0.1, -0.05) is 30.3 Å². The van der Waals surface area contributed by atoms with Crippen LogP contribution in [0.1, 0.15) is 39.9 Å². The van der Waals surface area contributed by atoms with Crippen LogP contribution in [-0.2, 0) is 6.54 Å². The Bertz CT molecular complexity index is 1220. The highest BCUT2D eigenvalue weighted by Gasteiger charge is 2.54. The second-order valence-electron chi connectivity index (χ2n) is 8.94. The molecule has 0 spiro atoms. The van der Waals surface area contributed by atoms with Gasteiger partial charge < -0.3 is 10.2 Å². The van der Waals surface area contributed by atoms with Crippen molar-refractivity contribution in [3.05, 3.63) is 77.4 Å². The van der Waals surface area contributed by atoms with Gasteiger partial charge in [0.1, 0.15) is 11.5 Å². The summed E-state index contributed by atoms with van der Waals surface area (Å²) < 4.78 is 15.5. The molecular formula is C26H27FN4O2. The highest BCUT2D eigenvalue weighted by atomic mass is 19.1. The number of hydrogen-bond donors (Lipinski definition) is 1. The molecule has 1 N–H and O–H groups in total. The van der Waals surface area contributed by atoms with Gasteiger partial charge in [0, 0.05) is 25.2 Å². The van der Waals surface area contributed by atoms with Crippen molar-refractivity contribution >= 4 is 11.8 Å². The van der Waals surface area contributed by atoms with Gasteiger partial charge >= 0.3 is 0 Å². The van der Waals surface area contributed by atoms with E-state index in [1.54, 1.807) is 22.9 Å². The summed E-state index contributed by atoms with van der Waals surface area (Å²) in [6, 6.07) is 15.4. The molecular weight excluding hydrogens is 419 g/mol. The maximum atomic E-state index is 13.8. The Morgan fingerprint density at radius 3 is 2.76 bits per heavy atom. The van der Waals surface area contributed by atoms with Gasteiger partial charge in [-0.15, -0.1) is 0 Å².